The smallest absolute Gasteiger partial charge is 0.250 e. The maximum atomic E-state index is 12.4. The zero-order chi connectivity index (χ0) is 14.8. The molecule has 1 fully saturated rings. The highest BCUT2D eigenvalue weighted by atomic mass is 35.5. The van der Waals surface area contributed by atoms with E-state index in [2.05, 4.69) is 4.72 Å². The fourth-order valence-corrected chi connectivity index (χ4v) is 5.74. The van der Waals surface area contributed by atoms with Gasteiger partial charge in [0.1, 0.15) is 4.21 Å². The maximum absolute atomic E-state index is 12.4. The predicted octanol–water partition coefficient (Wildman–Crippen LogP) is 2.90. The first kappa shape index (κ1) is 16.2. The van der Waals surface area contributed by atoms with Crippen LogP contribution in [0.4, 0.5) is 0 Å². The number of aryl methyl sites for hydroxylation is 1. The molecule has 0 saturated heterocycles. The molecule has 1 aliphatic carbocycles. The molecule has 1 heterocycles. The molecule has 2 rings (SSSR count). The summed E-state index contributed by atoms with van der Waals surface area (Å²) in [5, 5.41) is 0. The lowest BCUT2D eigenvalue weighted by atomic mass is 9.84. The van der Waals surface area contributed by atoms with Crippen LogP contribution in [-0.4, -0.2) is 21.0 Å². The molecule has 1 saturated carbocycles. The van der Waals surface area contributed by atoms with Gasteiger partial charge in [0.2, 0.25) is 10.0 Å². The summed E-state index contributed by atoms with van der Waals surface area (Å²) in [6, 6.07) is 1.44. The average molecular weight is 337 g/mol. The Morgan fingerprint density at radius 3 is 2.60 bits per heavy atom. The van der Waals surface area contributed by atoms with Crippen molar-refractivity contribution in [1.29, 1.82) is 0 Å². The van der Waals surface area contributed by atoms with E-state index < -0.39 is 10.0 Å². The van der Waals surface area contributed by atoms with Gasteiger partial charge in [-0.2, -0.15) is 0 Å². The Morgan fingerprint density at radius 2 is 2.10 bits per heavy atom. The van der Waals surface area contributed by atoms with Crippen LogP contribution >= 0.6 is 22.9 Å². The van der Waals surface area contributed by atoms with Crippen LogP contribution in [0.25, 0.3) is 0 Å². The van der Waals surface area contributed by atoms with Gasteiger partial charge >= 0.3 is 0 Å². The number of halogens is 1. The minimum absolute atomic E-state index is 0.179. The largest absolute Gasteiger partial charge is 0.329 e. The van der Waals surface area contributed by atoms with Gasteiger partial charge in [0.15, 0.2) is 0 Å². The van der Waals surface area contributed by atoms with Gasteiger partial charge in [-0.1, -0.05) is 30.9 Å². The molecule has 1 atom stereocenters. The zero-order valence-corrected chi connectivity index (χ0v) is 14.0. The van der Waals surface area contributed by atoms with Crippen molar-refractivity contribution in [3.63, 3.8) is 0 Å². The molecule has 0 aliphatic heterocycles. The Hall–Kier alpha value is -0.140. The molecule has 114 valence electrons. The summed E-state index contributed by atoms with van der Waals surface area (Å²) < 4.78 is 28.4. The van der Waals surface area contributed by atoms with Crippen molar-refractivity contribution in [3.05, 3.63) is 16.0 Å². The minimum atomic E-state index is -3.52. The molecule has 20 heavy (non-hydrogen) atoms. The summed E-state index contributed by atoms with van der Waals surface area (Å²) in [6.07, 6.45) is 5.66. The van der Waals surface area contributed by atoms with Crippen LogP contribution in [0.5, 0.6) is 0 Å². The molecular weight excluding hydrogens is 316 g/mol. The Kier molecular flexibility index (Phi) is 5.48. The third-order valence-electron chi connectivity index (χ3n) is 3.88. The van der Waals surface area contributed by atoms with Crippen molar-refractivity contribution in [2.45, 2.75) is 49.3 Å². The SMILES string of the molecule is Cc1cc(S(=O)(=O)NC(CN)C2CCCCC2)sc1Cl. The lowest BCUT2D eigenvalue weighted by molar-refractivity contribution is 0.294. The van der Waals surface area contributed by atoms with E-state index in [9.17, 15) is 8.42 Å². The molecule has 7 heteroatoms. The number of hydrogen-bond acceptors (Lipinski definition) is 4. The average Bonchev–Trinajstić information content (AvgIpc) is 2.78. The summed E-state index contributed by atoms with van der Waals surface area (Å²) >= 11 is 7.05. The molecule has 0 bridgehead atoms. The monoisotopic (exact) mass is 336 g/mol. The summed E-state index contributed by atoms with van der Waals surface area (Å²) in [5.74, 6) is 0.347. The van der Waals surface area contributed by atoms with Gasteiger partial charge in [0, 0.05) is 12.6 Å². The number of sulfonamides is 1. The van der Waals surface area contributed by atoms with Crippen LogP contribution in [0.15, 0.2) is 10.3 Å². The first-order valence-corrected chi connectivity index (χ1v) is 9.60. The highest BCUT2D eigenvalue weighted by Crippen LogP contribution is 2.31. The standard InChI is InChI=1S/C13H21ClN2O2S2/c1-9-7-12(19-13(9)14)20(17,18)16-11(8-15)10-5-3-2-4-6-10/h7,10-11,16H,2-6,8,15H2,1H3. The third kappa shape index (κ3) is 3.74. The van der Waals surface area contributed by atoms with Gasteiger partial charge in [-0.25, -0.2) is 13.1 Å². The van der Waals surface area contributed by atoms with E-state index in [4.69, 9.17) is 17.3 Å². The normalized spacial score (nSPS) is 19.1. The maximum Gasteiger partial charge on any atom is 0.250 e. The quantitative estimate of drug-likeness (QED) is 0.868. The molecule has 0 radical (unpaired) electrons. The van der Waals surface area contributed by atoms with E-state index >= 15 is 0 Å². The highest BCUT2D eigenvalue weighted by molar-refractivity contribution is 7.91. The number of rotatable bonds is 5. The number of thiophene rings is 1. The van der Waals surface area contributed by atoms with E-state index in [1.54, 1.807) is 13.0 Å². The number of hydrogen-bond donors (Lipinski definition) is 2. The predicted molar refractivity (Wildman–Crippen MR) is 83.8 cm³/mol. The van der Waals surface area contributed by atoms with Crippen molar-refractivity contribution in [1.82, 2.24) is 4.72 Å². The lowest BCUT2D eigenvalue weighted by Crippen LogP contribution is -2.45. The molecular formula is C13H21ClN2O2S2. The van der Waals surface area contributed by atoms with Crippen molar-refractivity contribution in [2.75, 3.05) is 6.54 Å². The van der Waals surface area contributed by atoms with E-state index in [-0.39, 0.29) is 10.3 Å². The van der Waals surface area contributed by atoms with Crippen molar-refractivity contribution < 1.29 is 8.42 Å². The van der Waals surface area contributed by atoms with Crippen molar-refractivity contribution >= 4 is 33.0 Å². The summed E-state index contributed by atoms with van der Waals surface area (Å²) in [5.41, 5.74) is 6.57. The molecule has 1 aliphatic rings. The van der Waals surface area contributed by atoms with Gasteiger partial charge in [-0.05, 0) is 37.3 Å². The van der Waals surface area contributed by atoms with Crippen molar-refractivity contribution in [3.8, 4) is 0 Å². The van der Waals surface area contributed by atoms with Crippen LogP contribution < -0.4 is 10.5 Å². The number of nitrogens with two attached hydrogens (primary N) is 1. The summed E-state index contributed by atoms with van der Waals surface area (Å²) in [7, 11) is -3.52. The van der Waals surface area contributed by atoms with E-state index in [1.807, 2.05) is 0 Å². The first-order valence-electron chi connectivity index (χ1n) is 6.92. The van der Waals surface area contributed by atoms with Crippen LogP contribution in [0, 0.1) is 12.8 Å². The molecule has 4 nitrogen and oxygen atoms in total. The molecule has 0 spiro atoms. The van der Waals surface area contributed by atoms with Gasteiger partial charge in [-0.3, -0.25) is 0 Å². The fraction of sp³-hybridized carbons (Fsp3) is 0.692. The molecule has 1 aromatic heterocycles. The molecule has 1 unspecified atom stereocenters. The second-order valence-corrected chi connectivity index (χ2v) is 8.98. The summed E-state index contributed by atoms with van der Waals surface area (Å²) in [6.45, 7) is 2.14. The van der Waals surface area contributed by atoms with Crippen LogP contribution in [-0.2, 0) is 10.0 Å². The Bertz CT molecular complexity index is 531. The van der Waals surface area contributed by atoms with Crippen LogP contribution in [0.3, 0.4) is 0 Å². The summed E-state index contributed by atoms with van der Waals surface area (Å²) in [4.78, 5) is 0. The van der Waals surface area contributed by atoms with E-state index in [0.29, 0.717) is 16.8 Å². The lowest BCUT2D eigenvalue weighted by Gasteiger charge is -2.29. The zero-order valence-electron chi connectivity index (χ0n) is 11.6. The van der Waals surface area contributed by atoms with E-state index in [0.717, 1.165) is 42.6 Å². The molecule has 0 aromatic carbocycles. The van der Waals surface area contributed by atoms with E-state index in [1.165, 1.54) is 6.42 Å². The second-order valence-electron chi connectivity index (χ2n) is 5.38. The minimum Gasteiger partial charge on any atom is -0.329 e. The molecule has 1 aromatic rings. The Morgan fingerprint density at radius 1 is 1.45 bits per heavy atom. The Balaban J connectivity index is 2.12. The first-order chi connectivity index (χ1) is 9.44. The second kappa shape index (κ2) is 6.75. The highest BCUT2D eigenvalue weighted by Gasteiger charge is 2.28. The van der Waals surface area contributed by atoms with Gasteiger partial charge in [0.25, 0.3) is 0 Å². The Labute approximate surface area is 129 Å². The third-order valence-corrected chi connectivity index (χ3v) is 7.40. The van der Waals surface area contributed by atoms with Gasteiger partial charge < -0.3 is 5.73 Å². The van der Waals surface area contributed by atoms with Gasteiger partial charge in [-0.15, -0.1) is 11.3 Å². The molecule has 0 amide bonds. The van der Waals surface area contributed by atoms with Crippen molar-refractivity contribution in [2.24, 2.45) is 11.7 Å². The van der Waals surface area contributed by atoms with Crippen LogP contribution in [0.2, 0.25) is 4.34 Å². The fourth-order valence-electron chi connectivity index (χ4n) is 2.69. The topological polar surface area (TPSA) is 72.2 Å². The molecule has 3 N–H and O–H groups in total. The number of nitrogens with one attached hydrogen (secondary N) is 1. The van der Waals surface area contributed by atoms with Gasteiger partial charge in [0.05, 0.1) is 4.34 Å². The van der Waals surface area contributed by atoms with Crippen LogP contribution in [0.1, 0.15) is 37.7 Å².